The lowest BCUT2D eigenvalue weighted by Gasteiger charge is -2.32. The van der Waals surface area contributed by atoms with Gasteiger partial charge in [-0.05, 0) is 44.4 Å². The monoisotopic (exact) mass is 489 g/mol. The average molecular weight is 489 g/mol. The number of guanidine groups is 1. The molecule has 0 aromatic carbocycles. The maximum absolute atomic E-state index is 11.0. The smallest absolute Gasteiger partial charge is 0.191 e. The standard InChI is InChI=1S/C17H35N3O3S.HI/c1-5-18-17(19-10-11-23-12-13-24(4,21)22)20-16-8-6-15(7-9-16)14(2)3;/h14-16H,5-13H2,1-4H3,(H2,18,19,20);1H. The van der Waals surface area contributed by atoms with Crippen molar-refractivity contribution < 1.29 is 13.2 Å². The molecule has 2 N–H and O–H groups in total. The Kier molecular flexibility index (Phi) is 13.1. The maximum Gasteiger partial charge on any atom is 0.191 e. The Morgan fingerprint density at radius 2 is 1.84 bits per heavy atom. The van der Waals surface area contributed by atoms with Crippen LogP contribution >= 0.6 is 24.0 Å². The Morgan fingerprint density at radius 1 is 1.20 bits per heavy atom. The zero-order valence-electron chi connectivity index (χ0n) is 16.1. The van der Waals surface area contributed by atoms with Gasteiger partial charge in [-0.25, -0.2) is 8.42 Å². The number of halogens is 1. The van der Waals surface area contributed by atoms with E-state index < -0.39 is 9.84 Å². The van der Waals surface area contributed by atoms with Gasteiger partial charge in [0.05, 0.1) is 25.5 Å². The Balaban J connectivity index is 0.00000576. The molecule has 0 amide bonds. The topological polar surface area (TPSA) is 79.8 Å². The molecular formula is C17H36IN3O3S. The van der Waals surface area contributed by atoms with Crippen molar-refractivity contribution in [2.24, 2.45) is 16.8 Å². The van der Waals surface area contributed by atoms with Gasteiger partial charge in [0, 0.05) is 18.8 Å². The summed E-state index contributed by atoms with van der Waals surface area (Å²) in [6.07, 6.45) is 6.17. The van der Waals surface area contributed by atoms with Crippen LogP contribution in [0.3, 0.4) is 0 Å². The number of hydrogen-bond acceptors (Lipinski definition) is 4. The quantitative estimate of drug-likeness (QED) is 0.225. The van der Waals surface area contributed by atoms with E-state index in [-0.39, 0.29) is 36.3 Å². The molecule has 0 atom stereocenters. The minimum absolute atomic E-state index is 0. The molecule has 0 unspecified atom stereocenters. The molecular weight excluding hydrogens is 453 g/mol. The third-order valence-corrected chi connectivity index (χ3v) is 5.41. The van der Waals surface area contributed by atoms with Crippen molar-refractivity contribution in [3.05, 3.63) is 0 Å². The van der Waals surface area contributed by atoms with Gasteiger partial charge in [0.1, 0.15) is 9.84 Å². The summed E-state index contributed by atoms with van der Waals surface area (Å²) in [5.74, 6) is 2.52. The fourth-order valence-corrected chi connectivity index (χ4v) is 3.40. The highest BCUT2D eigenvalue weighted by atomic mass is 127. The van der Waals surface area contributed by atoms with Crippen LogP contribution in [-0.2, 0) is 14.6 Å². The zero-order chi connectivity index (χ0) is 18.0. The predicted molar refractivity (Wildman–Crippen MR) is 116 cm³/mol. The average Bonchev–Trinajstić information content (AvgIpc) is 2.50. The first-order valence-corrected chi connectivity index (χ1v) is 11.2. The summed E-state index contributed by atoms with van der Waals surface area (Å²) in [6, 6.07) is 0.490. The first-order chi connectivity index (χ1) is 11.3. The molecule has 1 fully saturated rings. The zero-order valence-corrected chi connectivity index (χ0v) is 19.2. The Hall–Kier alpha value is -0.0900. The fourth-order valence-electron chi connectivity index (χ4n) is 2.98. The first kappa shape index (κ1) is 24.9. The summed E-state index contributed by atoms with van der Waals surface area (Å²) >= 11 is 0. The second-order valence-corrected chi connectivity index (χ2v) is 9.26. The van der Waals surface area contributed by atoms with E-state index in [9.17, 15) is 8.42 Å². The molecule has 8 heteroatoms. The van der Waals surface area contributed by atoms with Gasteiger partial charge < -0.3 is 15.4 Å². The molecule has 1 aliphatic carbocycles. The fraction of sp³-hybridized carbons (Fsp3) is 0.941. The molecule has 0 heterocycles. The van der Waals surface area contributed by atoms with Crippen LogP contribution in [0.5, 0.6) is 0 Å². The highest BCUT2D eigenvalue weighted by molar-refractivity contribution is 14.0. The van der Waals surface area contributed by atoms with Gasteiger partial charge in [-0.2, -0.15) is 0 Å². The lowest BCUT2D eigenvalue weighted by molar-refractivity contribution is 0.157. The van der Waals surface area contributed by atoms with Crippen molar-refractivity contribution in [3.63, 3.8) is 0 Å². The summed E-state index contributed by atoms with van der Waals surface area (Å²) in [5, 5.41) is 6.79. The van der Waals surface area contributed by atoms with Crippen LogP contribution in [0, 0.1) is 11.8 Å². The highest BCUT2D eigenvalue weighted by Gasteiger charge is 2.23. The molecule has 1 rings (SSSR count). The third-order valence-electron chi connectivity index (χ3n) is 4.50. The molecule has 1 aliphatic rings. The van der Waals surface area contributed by atoms with E-state index in [2.05, 4.69) is 36.4 Å². The van der Waals surface area contributed by atoms with Gasteiger partial charge in [-0.15, -0.1) is 24.0 Å². The van der Waals surface area contributed by atoms with E-state index in [1.165, 1.54) is 31.9 Å². The van der Waals surface area contributed by atoms with Crippen LogP contribution in [0.15, 0.2) is 4.99 Å². The molecule has 0 bridgehead atoms. The molecule has 0 aromatic heterocycles. The van der Waals surface area contributed by atoms with Crippen molar-refractivity contribution in [2.75, 3.05) is 38.3 Å². The predicted octanol–water partition coefficient (Wildman–Crippen LogP) is 2.44. The summed E-state index contributed by atoms with van der Waals surface area (Å²) < 4.78 is 27.4. The van der Waals surface area contributed by atoms with Gasteiger partial charge in [-0.1, -0.05) is 13.8 Å². The van der Waals surface area contributed by atoms with E-state index in [0.717, 1.165) is 24.3 Å². The molecule has 0 aromatic rings. The van der Waals surface area contributed by atoms with Gasteiger partial charge in [0.25, 0.3) is 0 Å². The van der Waals surface area contributed by atoms with Crippen LogP contribution in [0.2, 0.25) is 0 Å². The van der Waals surface area contributed by atoms with E-state index in [1.54, 1.807) is 0 Å². The third kappa shape index (κ3) is 12.0. The molecule has 1 saturated carbocycles. The first-order valence-electron chi connectivity index (χ1n) is 9.12. The van der Waals surface area contributed by atoms with E-state index in [1.807, 2.05) is 0 Å². The molecule has 25 heavy (non-hydrogen) atoms. The molecule has 0 spiro atoms. The Morgan fingerprint density at radius 3 is 2.36 bits per heavy atom. The number of rotatable bonds is 9. The van der Waals surface area contributed by atoms with E-state index in [0.29, 0.717) is 19.2 Å². The Labute approximate surface area is 170 Å². The van der Waals surface area contributed by atoms with Crippen molar-refractivity contribution in [1.29, 1.82) is 0 Å². The number of nitrogens with zero attached hydrogens (tertiary/aromatic N) is 1. The SMILES string of the molecule is CCNC(=NCCOCCS(C)(=O)=O)NC1CCC(C(C)C)CC1.I. The van der Waals surface area contributed by atoms with Crippen molar-refractivity contribution in [2.45, 2.75) is 52.5 Å². The van der Waals surface area contributed by atoms with Crippen LogP contribution in [0.25, 0.3) is 0 Å². The lowest BCUT2D eigenvalue weighted by Crippen LogP contribution is -2.45. The van der Waals surface area contributed by atoms with Crippen LogP contribution in [0.1, 0.15) is 46.5 Å². The summed E-state index contributed by atoms with van der Waals surface area (Å²) in [4.78, 5) is 4.52. The van der Waals surface area contributed by atoms with Crippen LogP contribution in [0.4, 0.5) is 0 Å². The van der Waals surface area contributed by atoms with Gasteiger partial charge in [0.2, 0.25) is 0 Å². The lowest BCUT2D eigenvalue weighted by atomic mass is 9.80. The van der Waals surface area contributed by atoms with E-state index >= 15 is 0 Å². The van der Waals surface area contributed by atoms with Crippen molar-refractivity contribution in [1.82, 2.24) is 10.6 Å². The van der Waals surface area contributed by atoms with Crippen molar-refractivity contribution in [3.8, 4) is 0 Å². The number of sulfone groups is 1. The Bertz CT molecular complexity index is 476. The van der Waals surface area contributed by atoms with Gasteiger partial charge in [0.15, 0.2) is 5.96 Å². The van der Waals surface area contributed by atoms with Crippen LogP contribution in [-0.4, -0.2) is 58.7 Å². The van der Waals surface area contributed by atoms with Gasteiger partial charge >= 0.3 is 0 Å². The molecule has 0 radical (unpaired) electrons. The van der Waals surface area contributed by atoms with Crippen molar-refractivity contribution >= 4 is 39.8 Å². The largest absolute Gasteiger partial charge is 0.378 e. The second kappa shape index (κ2) is 13.1. The molecule has 0 aliphatic heterocycles. The number of hydrogen-bond donors (Lipinski definition) is 2. The maximum atomic E-state index is 11.0. The molecule has 0 saturated heterocycles. The molecule has 150 valence electrons. The minimum atomic E-state index is -2.95. The van der Waals surface area contributed by atoms with E-state index in [4.69, 9.17) is 4.74 Å². The normalized spacial score (nSPS) is 21.7. The summed E-state index contributed by atoms with van der Waals surface area (Å²) in [5.41, 5.74) is 0. The van der Waals surface area contributed by atoms with Gasteiger partial charge in [-0.3, -0.25) is 4.99 Å². The minimum Gasteiger partial charge on any atom is -0.378 e. The number of ether oxygens (including phenoxy) is 1. The number of nitrogens with one attached hydrogen (secondary N) is 2. The number of aliphatic imine (C=N–C) groups is 1. The summed E-state index contributed by atoms with van der Waals surface area (Å²) in [7, 11) is -2.95. The summed E-state index contributed by atoms with van der Waals surface area (Å²) in [6.45, 7) is 8.70. The highest BCUT2D eigenvalue weighted by Crippen LogP contribution is 2.29. The molecule has 6 nitrogen and oxygen atoms in total. The van der Waals surface area contributed by atoms with Crippen LogP contribution < -0.4 is 10.6 Å². The second-order valence-electron chi connectivity index (χ2n) is 7.00.